The van der Waals surface area contributed by atoms with Gasteiger partial charge in [0.1, 0.15) is 17.5 Å². The number of carbonyl (C=O) groups excluding carboxylic acids is 2. The number of aryl methyl sites for hydroxylation is 1. The predicted molar refractivity (Wildman–Crippen MR) is 106 cm³/mol. The highest BCUT2D eigenvalue weighted by atomic mass is 19.1. The summed E-state index contributed by atoms with van der Waals surface area (Å²) in [6.07, 6.45) is -1.17. The van der Waals surface area contributed by atoms with Crippen LogP contribution in [-0.2, 0) is 27.8 Å². The number of fused-ring (bicyclic) bond motifs is 1. The zero-order valence-corrected chi connectivity index (χ0v) is 16.3. The summed E-state index contributed by atoms with van der Waals surface area (Å²) in [5.41, 5.74) is 0.0794. The van der Waals surface area contributed by atoms with Gasteiger partial charge in [-0.25, -0.2) is 13.8 Å². The smallest absolute Gasteiger partial charge is 0.307 e. The molecule has 0 saturated heterocycles. The standard InChI is InChI=1S/C21H19F2N3O4/c1-12(20(28)25-17-8-7-13(22)11-15(17)23)30-19(27)10-9-18-24-16-6-4-3-5-14(16)21(29)26(18)2/h3-8,11-12H,9-10H2,1-2H3,(H,25,28)/t12-/m0/s1. The molecule has 3 aromatic rings. The van der Waals surface area contributed by atoms with Crippen molar-refractivity contribution in [2.24, 2.45) is 7.05 Å². The van der Waals surface area contributed by atoms with Crippen molar-refractivity contribution in [3.63, 3.8) is 0 Å². The molecule has 0 spiro atoms. The number of amides is 1. The summed E-state index contributed by atoms with van der Waals surface area (Å²) in [5.74, 6) is -2.75. The molecule has 1 N–H and O–H groups in total. The van der Waals surface area contributed by atoms with Crippen molar-refractivity contribution in [2.75, 3.05) is 5.32 Å². The lowest BCUT2D eigenvalue weighted by Gasteiger charge is -2.14. The normalized spacial score (nSPS) is 11.9. The monoisotopic (exact) mass is 415 g/mol. The number of para-hydroxylation sites is 1. The van der Waals surface area contributed by atoms with Gasteiger partial charge in [0, 0.05) is 19.5 Å². The van der Waals surface area contributed by atoms with E-state index in [0.717, 1.165) is 12.1 Å². The fraction of sp³-hybridized carbons (Fsp3) is 0.238. The molecule has 9 heteroatoms. The second kappa shape index (κ2) is 8.81. The molecule has 0 saturated carbocycles. The van der Waals surface area contributed by atoms with Crippen molar-refractivity contribution in [1.82, 2.24) is 9.55 Å². The van der Waals surface area contributed by atoms with Gasteiger partial charge in [-0.05, 0) is 31.2 Å². The molecule has 1 heterocycles. The largest absolute Gasteiger partial charge is 0.453 e. The van der Waals surface area contributed by atoms with Gasteiger partial charge in [0.05, 0.1) is 23.0 Å². The summed E-state index contributed by atoms with van der Waals surface area (Å²) in [7, 11) is 1.57. The molecule has 0 aliphatic heterocycles. The maximum Gasteiger partial charge on any atom is 0.307 e. The Morgan fingerprint density at radius 1 is 1.20 bits per heavy atom. The van der Waals surface area contributed by atoms with Gasteiger partial charge in [0.25, 0.3) is 11.5 Å². The van der Waals surface area contributed by atoms with E-state index >= 15 is 0 Å². The van der Waals surface area contributed by atoms with Gasteiger partial charge < -0.3 is 10.1 Å². The van der Waals surface area contributed by atoms with Crippen molar-refractivity contribution in [3.05, 3.63) is 70.3 Å². The van der Waals surface area contributed by atoms with E-state index in [0.29, 0.717) is 22.8 Å². The lowest BCUT2D eigenvalue weighted by Crippen LogP contribution is -2.30. The van der Waals surface area contributed by atoms with E-state index < -0.39 is 29.6 Å². The molecule has 0 bridgehead atoms. The Balaban J connectivity index is 1.60. The van der Waals surface area contributed by atoms with Crippen LogP contribution in [0.25, 0.3) is 10.9 Å². The Labute approximate surface area is 170 Å². The van der Waals surface area contributed by atoms with E-state index in [2.05, 4.69) is 10.3 Å². The van der Waals surface area contributed by atoms with Crippen LogP contribution in [0, 0.1) is 11.6 Å². The van der Waals surface area contributed by atoms with Crippen LogP contribution in [0.5, 0.6) is 0 Å². The minimum Gasteiger partial charge on any atom is -0.453 e. The number of rotatable bonds is 6. The van der Waals surface area contributed by atoms with Gasteiger partial charge in [-0.1, -0.05) is 12.1 Å². The second-order valence-corrected chi connectivity index (χ2v) is 6.65. The third kappa shape index (κ3) is 4.68. The van der Waals surface area contributed by atoms with E-state index in [1.165, 1.54) is 11.5 Å². The predicted octanol–water partition coefficient (Wildman–Crippen LogP) is 2.71. The van der Waals surface area contributed by atoms with Crippen LogP contribution in [-0.4, -0.2) is 27.5 Å². The highest BCUT2D eigenvalue weighted by Gasteiger charge is 2.20. The Kier molecular flexibility index (Phi) is 6.20. The molecule has 0 radical (unpaired) electrons. The van der Waals surface area contributed by atoms with Gasteiger partial charge in [-0.15, -0.1) is 0 Å². The molecule has 1 amide bonds. The maximum absolute atomic E-state index is 13.6. The zero-order chi connectivity index (χ0) is 21.8. The molecule has 30 heavy (non-hydrogen) atoms. The van der Waals surface area contributed by atoms with E-state index in [1.54, 1.807) is 31.3 Å². The number of anilines is 1. The lowest BCUT2D eigenvalue weighted by atomic mass is 10.2. The topological polar surface area (TPSA) is 90.3 Å². The molecular formula is C21H19F2N3O4. The first-order valence-electron chi connectivity index (χ1n) is 9.16. The number of halogens is 2. The molecular weight excluding hydrogens is 396 g/mol. The van der Waals surface area contributed by atoms with E-state index in [9.17, 15) is 23.2 Å². The van der Waals surface area contributed by atoms with Gasteiger partial charge in [-0.3, -0.25) is 19.0 Å². The lowest BCUT2D eigenvalue weighted by molar-refractivity contribution is -0.153. The molecule has 0 unspecified atom stereocenters. The number of nitrogens with zero attached hydrogens (tertiary/aromatic N) is 2. The summed E-state index contributed by atoms with van der Waals surface area (Å²) in [5, 5.41) is 2.71. The molecule has 156 valence electrons. The Morgan fingerprint density at radius 3 is 2.67 bits per heavy atom. The fourth-order valence-corrected chi connectivity index (χ4v) is 2.84. The number of aromatic nitrogens is 2. The van der Waals surface area contributed by atoms with Crippen molar-refractivity contribution >= 4 is 28.5 Å². The Bertz CT molecular complexity index is 1180. The van der Waals surface area contributed by atoms with E-state index in [4.69, 9.17) is 4.74 Å². The molecule has 3 rings (SSSR count). The molecule has 0 fully saturated rings. The molecule has 1 atom stereocenters. The van der Waals surface area contributed by atoms with E-state index in [1.807, 2.05) is 0 Å². The van der Waals surface area contributed by atoms with Crippen LogP contribution in [0.4, 0.5) is 14.5 Å². The zero-order valence-electron chi connectivity index (χ0n) is 16.3. The molecule has 0 aliphatic carbocycles. The highest BCUT2D eigenvalue weighted by Crippen LogP contribution is 2.16. The number of carbonyl (C=O) groups is 2. The number of hydrogen-bond donors (Lipinski definition) is 1. The molecule has 0 aliphatic rings. The summed E-state index contributed by atoms with van der Waals surface area (Å²) in [6, 6.07) is 9.59. The average Bonchev–Trinajstić information content (AvgIpc) is 2.71. The Morgan fingerprint density at radius 2 is 1.93 bits per heavy atom. The van der Waals surface area contributed by atoms with Crippen molar-refractivity contribution in [3.8, 4) is 0 Å². The van der Waals surface area contributed by atoms with Crippen LogP contribution in [0.15, 0.2) is 47.3 Å². The summed E-state index contributed by atoms with van der Waals surface area (Å²) in [4.78, 5) is 41.0. The Hall–Kier alpha value is -3.62. The molecule has 1 aromatic heterocycles. The summed E-state index contributed by atoms with van der Waals surface area (Å²) >= 11 is 0. The molecule has 2 aromatic carbocycles. The van der Waals surface area contributed by atoms with Crippen LogP contribution in [0.3, 0.4) is 0 Å². The van der Waals surface area contributed by atoms with Crippen molar-refractivity contribution < 1.29 is 23.1 Å². The number of nitrogens with one attached hydrogen (secondary N) is 1. The number of benzene rings is 2. The van der Waals surface area contributed by atoms with Crippen LogP contribution < -0.4 is 10.9 Å². The number of hydrogen-bond acceptors (Lipinski definition) is 5. The maximum atomic E-state index is 13.6. The highest BCUT2D eigenvalue weighted by molar-refractivity contribution is 5.95. The second-order valence-electron chi connectivity index (χ2n) is 6.65. The first kappa shape index (κ1) is 21.1. The minimum atomic E-state index is -1.20. The van der Waals surface area contributed by atoms with Crippen LogP contribution in [0.2, 0.25) is 0 Å². The van der Waals surface area contributed by atoms with Crippen LogP contribution >= 0.6 is 0 Å². The van der Waals surface area contributed by atoms with Gasteiger partial charge in [0.2, 0.25) is 0 Å². The van der Waals surface area contributed by atoms with E-state index in [-0.39, 0.29) is 24.1 Å². The number of esters is 1. The average molecular weight is 415 g/mol. The molecule has 7 nitrogen and oxygen atoms in total. The van der Waals surface area contributed by atoms with Gasteiger partial charge in [-0.2, -0.15) is 0 Å². The third-order valence-corrected chi connectivity index (χ3v) is 4.49. The third-order valence-electron chi connectivity index (χ3n) is 4.49. The van der Waals surface area contributed by atoms with Gasteiger partial charge in [0.15, 0.2) is 6.10 Å². The van der Waals surface area contributed by atoms with Crippen molar-refractivity contribution in [2.45, 2.75) is 25.9 Å². The summed E-state index contributed by atoms with van der Waals surface area (Å²) in [6.45, 7) is 1.33. The van der Waals surface area contributed by atoms with Crippen LogP contribution in [0.1, 0.15) is 19.2 Å². The summed E-state index contributed by atoms with van der Waals surface area (Å²) < 4.78 is 33.0. The first-order chi connectivity index (χ1) is 14.3. The SMILES string of the molecule is C[C@H](OC(=O)CCc1nc2ccccc2c(=O)n1C)C(=O)Nc1ccc(F)cc1F. The fourth-order valence-electron chi connectivity index (χ4n) is 2.84. The minimum absolute atomic E-state index is 0.110. The number of ether oxygens (including phenoxy) is 1. The van der Waals surface area contributed by atoms with Gasteiger partial charge >= 0.3 is 5.97 Å². The van der Waals surface area contributed by atoms with Crippen molar-refractivity contribution in [1.29, 1.82) is 0 Å². The first-order valence-corrected chi connectivity index (χ1v) is 9.16. The quantitative estimate of drug-likeness (QED) is 0.626.